The molecule has 0 aliphatic carbocycles. The molecule has 0 radical (unpaired) electrons. The zero-order valence-electron chi connectivity index (χ0n) is 9.60. The van der Waals surface area contributed by atoms with Crippen LogP contribution in [0, 0.1) is 5.82 Å². The summed E-state index contributed by atoms with van der Waals surface area (Å²) in [5, 5.41) is 1.40. The van der Waals surface area contributed by atoms with E-state index in [0.717, 1.165) is 6.26 Å². The van der Waals surface area contributed by atoms with Crippen LogP contribution < -0.4 is 5.32 Å². The van der Waals surface area contributed by atoms with Gasteiger partial charge in [0.15, 0.2) is 9.84 Å². The SMILES string of the molecule is C[C@@H](C(=O)NCc1ccc(F)cc1)S(C)(=O)=O. The van der Waals surface area contributed by atoms with Crippen molar-refractivity contribution in [2.24, 2.45) is 0 Å². The number of carbonyl (C=O) groups is 1. The van der Waals surface area contributed by atoms with Gasteiger partial charge in [0.25, 0.3) is 0 Å². The summed E-state index contributed by atoms with van der Waals surface area (Å²) in [6.45, 7) is 1.51. The van der Waals surface area contributed by atoms with Gasteiger partial charge < -0.3 is 5.32 Å². The van der Waals surface area contributed by atoms with Crippen molar-refractivity contribution in [2.75, 3.05) is 6.26 Å². The molecule has 0 aliphatic heterocycles. The molecule has 0 heterocycles. The van der Waals surface area contributed by atoms with E-state index in [2.05, 4.69) is 5.32 Å². The monoisotopic (exact) mass is 259 g/mol. The minimum atomic E-state index is -3.39. The van der Waals surface area contributed by atoms with Gasteiger partial charge >= 0.3 is 0 Å². The highest BCUT2D eigenvalue weighted by molar-refractivity contribution is 7.92. The van der Waals surface area contributed by atoms with Gasteiger partial charge in [-0.2, -0.15) is 0 Å². The quantitative estimate of drug-likeness (QED) is 0.873. The molecule has 0 bridgehead atoms. The number of hydrogen-bond donors (Lipinski definition) is 1. The average Bonchev–Trinajstić information content (AvgIpc) is 2.25. The molecule has 17 heavy (non-hydrogen) atoms. The molecule has 94 valence electrons. The number of hydrogen-bond acceptors (Lipinski definition) is 3. The first-order valence-corrected chi connectivity index (χ1v) is 6.97. The zero-order valence-corrected chi connectivity index (χ0v) is 10.4. The number of carbonyl (C=O) groups excluding carboxylic acids is 1. The highest BCUT2D eigenvalue weighted by Gasteiger charge is 2.22. The van der Waals surface area contributed by atoms with Crippen molar-refractivity contribution in [3.63, 3.8) is 0 Å². The number of halogens is 1. The topological polar surface area (TPSA) is 63.2 Å². The van der Waals surface area contributed by atoms with Gasteiger partial charge in [-0.05, 0) is 24.6 Å². The Labute approximate surface area is 99.8 Å². The summed E-state index contributed by atoms with van der Waals surface area (Å²) in [5.41, 5.74) is 0.709. The van der Waals surface area contributed by atoms with Crippen molar-refractivity contribution in [1.82, 2.24) is 5.32 Å². The lowest BCUT2D eigenvalue weighted by molar-refractivity contribution is -0.120. The summed E-state index contributed by atoms with van der Waals surface area (Å²) >= 11 is 0. The predicted molar refractivity (Wildman–Crippen MR) is 62.6 cm³/mol. The molecule has 1 atom stereocenters. The summed E-state index contributed by atoms with van der Waals surface area (Å²) in [6.07, 6.45) is 1.01. The van der Waals surface area contributed by atoms with Gasteiger partial charge in [-0.3, -0.25) is 4.79 Å². The van der Waals surface area contributed by atoms with Crippen molar-refractivity contribution in [1.29, 1.82) is 0 Å². The maximum absolute atomic E-state index is 12.6. The molecule has 1 aromatic carbocycles. The van der Waals surface area contributed by atoms with Gasteiger partial charge in [-0.1, -0.05) is 12.1 Å². The van der Waals surface area contributed by atoms with Crippen LogP contribution in [-0.2, 0) is 21.2 Å². The van der Waals surface area contributed by atoms with Gasteiger partial charge in [0.2, 0.25) is 5.91 Å². The smallest absolute Gasteiger partial charge is 0.238 e. The molecular formula is C11H14FNO3S. The Balaban J connectivity index is 2.57. The van der Waals surface area contributed by atoms with Crippen LogP contribution in [0.5, 0.6) is 0 Å². The Morgan fingerprint density at radius 3 is 2.35 bits per heavy atom. The second-order valence-corrected chi connectivity index (χ2v) is 6.18. The van der Waals surface area contributed by atoms with E-state index < -0.39 is 21.0 Å². The molecule has 6 heteroatoms. The molecule has 0 aromatic heterocycles. The summed E-state index contributed by atoms with van der Waals surface area (Å²) in [5.74, 6) is -0.915. The first-order valence-electron chi connectivity index (χ1n) is 5.01. The van der Waals surface area contributed by atoms with E-state index in [1.807, 2.05) is 0 Å². The molecule has 1 N–H and O–H groups in total. The first-order chi connectivity index (χ1) is 7.80. The summed E-state index contributed by atoms with van der Waals surface area (Å²) < 4.78 is 34.8. The van der Waals surface area contributed by atoms with E-state index in [-0.39, 0.29) is 12.4 Å². The minimum absolute atomic E-state index is 0.180. The fourth-order valence-corrected chi connectivity index (χ4v) is 1.60. The Morgan fingerprint density at radius 1 is 1.35 bits per heavy atom. The van der Waals surface area contributed by atoms with E-state index in [9.17, 15) is 17.6 Å². The third kappa shape index (κ3) is 4.14. The zero-order chi connectivity index (χ0) is 13.1. The molecule has 0 saturated heterocycles. The van der Waals surface area contributed by atoms with Crippen LogP contribution in [0.3, 0.4) is 0 Å². The lowest BCUT2D eigenvalue weighted by Gasteiger charge is -2.10. The van der Waals surface area contributed by atoms with Crippen LogP contribution in [0.25, 0.3) is 0 Å². The molecule has 0 fully saturated rings. The van der Waals surface area contributed by atoms with Crippen LogP contribution in [0.4, 0.5) is 4.39 Å². The molecular weight excluding hydrogens is 245 g/mol. The van der Waals surface area contributed by atoms with E-state index >= 15 is 0 Å². The van der Waals surface area contributed by atoms with Crippen LogP contribution in [0.2, 0.25) is 0 Å². The lowest BCUT2D eigenvalue weighted by atomic mass is 10.2. The highest BCUT2D eigenvalue weighted by atomic mass is 32.2. The van der Waals surface area contributed by atoms with Gasteiger partial charge in [0, 0.05) is 12.8 Å². The Bertz CT molecular complexity index is 496. The normalized spacial score (nSPS) is 13.1. The summed E-state index contributed by atoms with van der Waals surface area (Å²) in [4.78, 5) is 11.5. The van der Waals surface area contributed by atoms with Gasteiger partial charge in [0.1, 0.15) is 11.1 Å². The Hall–Kier alpha value is -1.43. The molecule has 4 nitrogen and oxygen atoms in total. The van der Waals surface area contributed by atoms with Crippen molar-refractivity contribution < 1.29 is 17.6 Å². The first kappa shape index (κ1) is 13.6. The second-order valence-electron chi connectivity index (χ2n) is 3.82. The molecule has 0 unspecified atom stereocenters. The number of benzene rings is 1. The molecule has 1 amide bonds. The van der Waals surface area contributed by atoms with E-state index in [4.69, 9.17) is 0 Å². The minimum Gasteiger partial charge on any atom is -0.351 e. The third-order valence-electron chi connectivity index (χ3n) is 2.39. The number of amides is 1. The van der Waals surface area contributed by atoms with Crippen molar-refractivity contribution >= 4 is 15.7 Å². The second kappa shape index (κ2) is 5.27. The number of nitrogens with one attached hydrogen (secondary N) is 1. The molecule has 1 aromatic rings. The van der Waals surface area contributed by atoms with Crippen LogP contribution >= 0.6 is 0 Å². The molecule has 0 saturated carbocycles. The Kier molecular flexibility index (Phi) is 4.22. The maximum atomic E-state index is 12.6. The van der Waals surface area contributed by atoms with Crippen LogP contribution in [0.1, 0.15) is 12.5 Å². The lowest BCUT2D eigenvalue weighted by Crippen LogP contribution is -2.36. The van der Waals surface area contributed by atoms with Crippen molar-refractivity contribution in [3.05, 3.63) is 35.6 Å². The van der Waals surface area contributed by atoms with E-state index in [1.54, 1.807) is 0 Å². The van der Waals surface area contributed by atoms with Gasteiger partial charge in [0.05, 0.1) is 0 Å². The molecule has 0 spiro atoms. The molecule has 0 aliphatic rings. The third-order valence-corrected chi connectivity index (χ3v) is 3.89. The Morgan fingerprint density at radius 2 is 1.88 bits per heavy atom. The number of sulfone groups is 1. The van der Waals surface area contributed by atoms with Gasteiger partial charge in [-0.15, -0.1) is 0 Å². The fraction of sp³-hybridized carbons (Fsp3) is 0.364. The van der Waals surface area contributed by atoms with E-state index in [1.165, 1.54) is 31.2 Å². The van der Waals surface area contributed by atoms with Gasteiger partial charge in [-0.25, -0.2) is 12.8 Å². The largest absolute Gasteiger partial charge is 0.351 e. The fourth-order valence-electron chi connectivity index (χ4n) is 1.13. The van der Waals surface area contributed by atoms with Crippen LogP contribution in [0.15, 0.2) is 24.3 Å². The standard InChI is InChI=1S/C11H14FNO3S/c1-8(17(2,15)16)11(14)13-7-9-3-5-10(12)6-4-9/h3-6,8H,7H2,1-2H3,(H,13,14)/t8-/m0/s1. The van der Waals surface area contributed by atoms with Crippen LogP contribution in [-0.4, -0.2) is 25.8 Å². The van der Waals surface area contributed by atoms with Crippen molar-refractivity contribution in [2.45, 2.75) is 18.7 Å². The maximum Gasteiger partial charge on any atom is 0.238 e. The molecule has 1 rings (SSSR count). The average molecular weight is 259 g/mol. The highest BCUT2D eigenvalue weighted by Crippen LogP contribution is 2.03. The number of rotatable bonds is 4. The van der Waals surface area contributed by atoms with Crippen molar-refractivity contribution in [3.8, 4) is 0 Å². The van der Waals surface area contributed by atoms with E-state index in [0.29, 0.717) is 5.56 Å². The summed E-state index contributed by atoms with van der Waals surface area (Å²) in [6, 6.07) is 5.62. The summed E-state index contributed by atoms with van der Waals surface area (Å²) in [7, 11) is -3.39. The predicted octanol–water partition coefficient (Wildman–Crippen LogP) is 0.875.